The third-order valence-corrected chi connectivity index (χ3v) is 3.33. The van der Waals surface area contributed by atoms with Crippen LogP contribution in [-0.2, 0) is 0 Å². The number of hydrogen-bond acceptors (Lipinski definition) is 2. The van der Waals surface area contributed by atoms with Crippen LogP contribution in [0, 0.1) is 11.6 Å². The molecule has 98 valence electrons. The third-order valence-electron chi connectivity index (χ3n) is 3.33. The van der Waals surface area contributed by atoms with Crippen LogP contribution in [0.1, 0.15) is 36.0 Å². The average molecular weight is 254 g/mol. The molecule has 3 N–H and O–H groups in total. The first-order chi connectivity index (χ1) is 8.59. The molecule has 0 bridgehead atoms. The molecule has 1 aromatic rings. The van der Waals surface area contributed by atoms with E-state index in [-0.39, 0.29) is 12.1 Å². The van der Waals surface area contributed by atoms with E-state index in [9.17, 15) is 13.6 Å². The van der Waals surface area contributed by atoms with Crippen molar-refractivity contribution in [1.82, 2.24) is 5.32 Å². The molecule has 5 heteroatoms. The summed E-state index contributed by atoms with van der Waals surface area (Å²) in [4.78, 5) is 11.9. The Morgan fingerprint density at radius 2 is 1.83 bits per heavy atom. The first-order valence-electron chi connectivity index (χ1n) is 6.10. The van der Waals surface area contributed by atoms with Gasteiger partial charge < -0.3 is 11.1 Å². The Hall–Kier alpha value is -1.49. The van der Waals surface area contributed by atoms with Crippen LogP contribution in [0.25, 0.3) is 0 Å². The van der Waals surface area contributed by atoms with E-state index in [1.165, 1.54) is 6.07 Å². The first kappa shape index (κ1) is 13.0. The Morgan fingerprint density at radius 3 is 2.44 bits per heavy atom. The fourth-order valence-electron chi connectivity index (χ4n) is 2.29. The largest absolute Gasteiger partial charge is 0.348 e. The van der Waals surface area contributed by atoms with Gasteiger partial charge in [0, 0.05) is 12.1 Å². The summed E-state index contributed by atoms with van der Waals surface area (Å²) in [5.74, 6) is -2.43. The zero-order valence-electron chi connectivity index (χ0n) is 9.96. The lowest BCUT2D eigenvalue weighted by Gasteiger charge is -2.29. The zero-order chi connectivity index (χ0) is 13.1. The second kappa shape index (κ2) is 5.44. The minimum absolute atomic E-state index is 0.141. The molecule has 1 fully saturated rings. The van der Waals surface area contributed by atoms with Crippen LogP contribution in [0.5, 0.6) is 0 Å². The molecule has 0 spiro atoms. The van der Waals surface area contributed by atoms with Crippen LogP contribution in [0.4, 0.5) is 8.78 Å². The van der Waals surface area contributed by atoms with Gasteiger partial charge in [-0.1, -0.05) is 18.9 Å². The smallest absolute Gasteiger partial charge is 0.257 e. The molecule has 3 nitrogen and oxygen atoms in total. The second-order valence-electron chi connectivity index (χ2n) is 4.62. The molecule has 2 unspecified atom stereocenters. The highest BCUT2D eigenvalue weighted by Crippen LogP contribution is 2.18. The van der Waals surface area contributed by atoms with Crippen molar-refractivity contribution in [2.45, 2.75) is 37.8 Å². The van der Waals surface area contributed by atoms with Gasteiger partial charge in [-0.15, -0.1) is 0 Å². The van der Waals surface area contributed by atoms with E-state index in [1.54, 1.807) is 0 Å². The van der Waals surface area contributed by atoms with Crippen molar-refractivity contribution in [1.29, 1.82) is 0 Å². The minimum Gasteiger partial charge on any atom is -0.348 e. The highest BCUT2D eigenvalue weighted by atomic mass is 19.1. The van der Waals surface area contributed by atoms with Gasteiger partial charge in [0.25, 0.3) is 5.91 Å². The number of hydrogen-bond donors (Lipinski definition) is 2. The van der Waals surface area contributed by atoms with E-state index >= 15 is 0 Å². The maximum absolute atomic E-state index is 13.4. The molecule has 0 heterocycles. The normalized spacial score (nSPS) is 23.7. The molecule has 0 saturated heterocycles. The van der Waals surface area contributed by atoms with Gasteiger partial charge >= 0.3 is 0 Å². The topological polar surface area (TPSA) is 55.1 Å². The molecule has 1 amide bonds. The third kappa shape index (κ3) is 2.67. The van der Waals surface area contributed by atoms with Gasteiger partial charge in [-0.05, 0) is 25.0 Å². The van der Waals surface area contributed by atoms with E-state index in [1.807, 2.05) is 0 Å². The summed E-state index contributed by atoms with van der Waals surface area (Å²) in [6, 6.07) is 3.02. The predicted molar refractivity (Wildman–Crippen MR) is 64.1 cm³/mol. The van der Waals surface area contributed by atoms with Crippen LogP contribution < -0.4 is 11.1 Å². The lowest BCUT2D eigenvalue weighted by Crippen LogP contribution is -2.49. The van der Waals surface area contributed by atoms with E-state index in [2.05, 4.69) is 5.32 Å². The number of rotatable bonds is 2. The van der Waals surface area contributed by atoms with Crippen molar-refractivity contribution >= 4 is 5.91 Å². The molecule has 0 aromatic heterocycles. The van der Waals surface area contributed by atoms with Gasteiger partial charge in [0.05, 0.1) is 0 Å². The van der Waals surface area contributed by atoms with Crippen LogP contribution >= 0.6 is 0 Å². The maximum Gasteiger partial charge on any atom is 0.257 e. The Morgan fingerprint density at radius 1 is 1.22 bits per heavy atom. The molecule has 1 aliphatic rings. The van der Waals surface area contributed by atoms with Gasteiger partial charge in [0.15, 0.2) is 0 Å². The fourth-order valence-corrected chi connectivity index (χ4v) is 2.29. The Bertz CT molecular complexity index is 430. The van der Waals surface area contributed by atoms with Crippen molar-refractivity contribution in [3.63, 3.8) is 0 Å². The molecule has 2 atom stereocenters. The van der Waals surface area contributed by atoms with Gasteiger partial charge in [-0.3, -0.25) is 4.79 Å². The number of carbonyl (C=O) groups excluding carboxylic acids is 1. The Kier molecular flexibility index (Phi) is 3.91. The van der Waals surface area contributed by atoms with E-state index < -0.39 is 23.1 Å². The number of benzene rings is 1. The predicted octanol–water partition coefficient (Wildman–Crippen LogP) is 1.96. The molecule has 0 aliphatic heterocycles. The first-order valence-corrected chi connectivity index (χ1v) is 6.10. The quantitative estimate of drug-likeness (QED) is 0.847. The number of nitrogens with two attached hydrogens (primary N) is 1. The summed E-state index contributed by atoms with van der Waals surface area (Å²) >= 11 is 0. The lowest BCUT2D eigenvalue weighted by molar-refractivity contribution is 0.0912. The molecular weight excluding hydrogens is 238 g/mol. The van der Waals surface area contributed by atoms with Crippen molar-refractivity contribution in [3.05, 3.63) is 35.4 Å². The molecule has 18 heavy (non-hydrogen) atoms. The van der Waals surface area contributed by atoms with Crippen molar-refractivity contribution in [3.8, 4) is 0 Å². The SMILES string of the molecule is NC1CCCCC1NC(=O)c1c(F)cccc1F. The highest BCUT2D eigenvalue weighted by Gasteiger charge is 2.26. The van der Waals surface area contributed by atoms with Crippen molar-refractivity contribution < 1.29 is 13.6 Å². The van der Waals surface area contributed by atoms with E-state index in [0.29, 0.717) is 0 Å². The Labute approximate surface area is 104 Å². The number of amides is 1. The van der Waals surface area contributed by atoms with Crippen LogP contribution in [0.2, 0.25) is 0 Å². The van der Waals surface area contributed by atoms with Crippen molar-refractivity contribution in [2.75, 3.05) is 0 Å². The molecule has 1 aromatic carbocycles. The van der Waals surface area contributed by atoms with Gasteiger partial charge in [-0.25, -0.2) is 8.78 Å². The minimum atomic E-state index is -0.850. The summed E-state index contributed by atoms with van der Waals surface area (Å²) < 4.78 is 26.8. The summed E-state index contributed by atoms with van der Waals surface area (Å²) in [6.45, 7) is 0. The monoisotopic (exact) mass is 254 g/mol. The second-order valence-corrected chi connectivity index (χ2v) is 4.62. The van der Waals surface area contributed by atoms with E-state index in [4.69, 9.17) is 5.73 Å². The molecule has 1 aliphatic carbocycles. The molecule has 0 radical (unpaired) electrons. The van der Waals surface area contributed by atoms with Crippen LogP contribution in [0.15, 0.2) is 18.2 Å². The molecule has 1 saturated carbocycles. The summed E-state index contributed by atoms with van der Waals surface area (Å²) in [6.07, 6.45) is 3.58. The lowest BCUT2D eigenvalue weighted by atomic mass is 9.91. The van der Waals surface area contributed by atoms with Gasteiger partial charge in [0.1, 0.15) is 17.2 Å². The van der Waals surface area contributed by atoms with Gasteiger partial charge in [0.2, 0.25) is 0 Å². The Balaban J connectivity index is 2.12. The standard InChI is InChI=1S/C13H16F2N2O/c14-8-4-3-5-9(15)12(8)13(18)17-11-7-2-1-6-10(11)16/h3-5,10-11H,1-2,6-7,16H2,(H,17,18). The summed E-state index contributed by atoms with van der Waals surface area (Å²) in [5.41, 5.74) is 5.35. The summed E-state index contributed by atoms with van der Waals surface area (Å²) in [5, 5.41) is 2.62. The fraction of sp³-hybridized carbons (Fsp3) is 0.462. The number of carbonyl (C=O) groups is 1. The van der Waals surface area contributed by atoms with Crippen LogP contribution in [0.3, 0.4) is 0 Å². The molecule has 2 rings (SSSR count). The molecular formula is C13H16F2N2O. The van der Waals surface area contributed by atoms with E-state index in [0.717, 1.165) is 37.8 Å². The maximum atomic E-state index is 13.4. The average Bonchev–Trinajstić information content (AvgIpc) is 2.32. The van der Waals surface area contributed by atoms with Gasteiger partial charge in [-0.2, -0.15) is 0 Å². The van der Waals surface area contributed by atoms with Crippen LogP contribution in [-0.4, -0.2) is 18.0 Å². The number of halogens is 2. The summed E-state index contributed by atoms with van der Waals surface area (Å²) in [7, 11) is 0. The zero-order valence-corrected chi connectivity index (χ0v) is 9.96. The highest BCUT2D eigenvalue weighted by molar-refractivity contribution is 5.95. The van der Waals surface area contributed by atoms with Crippen molar-refractivity contribution in [2.24, 2.45) is 5.73 Å². The number of nitrogens with one attached hydrogen (secondary N) is 1.